The van der Waals surface area contributed by atoms with E-state index in [1.54, 1.807) is 11.3 Å². The summed E-state index contributed by atoms with van der Waals surface area (Å²) >= 11 is 1.61. The smallest absolute Gasteiger partial charge is 0.308 e. The highest BCUT2D eigenvalue weighted by Gasteiger charge is 2.19. The Balaban J connectivity index is 0.00000196. The number of halogens is 1. The average molecular weight is 388 g/mol. The molecule has 1 aliphatic carbocycles. The first-order valence-corrected chi connectivity index (χ1v) is 9.46. The van der Waals surface area contributed by atoms with Crippen LogP contribution in [0.4, 0.5) is 0 Å². The Kier molecular flexibility index (Phi) is 5.66. The Labute approximate surface area is 163 Å². The maximum atomic E-state index is 11.1. The van der Waals surface area contributed by atoms with Crippen LogP contribution < -0.4 is 10.4 Å². The van der Waals surface area contributed by atoms with Gasteiger partial charge >= 0.3 is 5.97 Å². The lowest BCUT2D eigenvalue weighted by Gasteiger charge is -2.25. The Morgan fingerprint density at radius 2 is 1.81 bits per heavy atom. The molecular weight excluding hydrogens is 366 g/mol. The number of piperidine rings is 1. The van der Waals surface area contributed by atoms with Gasteiger partial charge in [-0.1, -0.05) is 29.8 Å². The van der Waals surface area contributed by atoms with Gasteiger partial charge in [-0.05, 0) is 59.7 Å². The highest BCUT2D eigenvalue weighted by atomic mass is 35.5. The molecule has 1 aromatic heterocycles. The van der Waals surface area contributed by atoms with Crippen molar-refractivity contribution in [2.24, 2.45) is 0 Å². The lowest BCUT2D eigenvalue weighted by molar-refractivity contribution is -0.136. The molecule has 0 spiro atoms. The highest BCUT2D eigenvalue weighted by molar-refractivity contribution is 7.13. The van der Waals surface area contributed by atoms with Crippen molar-refractivity contribution in [2.75, 3.05) is 20.1 Å². The summed E-state index contributed by atoms with van der Waals surface area (Å²) in [6.45, 7) is 2.17. The zero-order valence-corrected chi connectivity index (χ0v) is 16.3. The number of aliphatic carboxylic acids is 1. The van der Waals surface area contributed by atoms with Crippen molar-refractivity contribution < 1.29 is 9.90 Å². The molecule has 1 fully saturated rings. The van der Waals surface area contributed by atoms with Crippen LogP contribution in [0.25, 0.3) is 17.7 Å². The topological polar surface area (TPSA) is 40.5 Å². The predicted molar refractivity (Wildman–Crippen MR) is 110 cm³/mol. The van der Waals surface area contributed by atoms with Crippen LogP contribution in [0.2, 0.25) is 0 Å². The molecule has 2 aliphatic rings. The van der Waals surface area contributed by atoms with Gasteiger partial charge in [0, 0.05) is 22.8 Å². The van der Waals surface area contributed by atoms with Crippen molar-refractivity contribution in [1.29, 1.82) is 0 Å². The molecule has 0 saturated carbocycles. The van der Waals surface area contributed by atoms with E-state index >= 15 is 0 Å². The van der Waals surface area contributed by atoms with E-state index in [2.05, 4.69) is 54.4 Å². The molecule has 0 atom stereocenters. The number of carboxylic acids is 1. The van der Waals surface area contributed by atoms with E-state index in [1.165, 1.54) is 32.0 Å². The molecule has 136 valence electrons. The van der Waals surface area contributed by atoms with Gasteiger partial charge in [0.2, 0.25) is 0 Å². The van der Waals surface area contributed by atoms with Crippen LogP contribution >= 0.6 is 23.7 Å². The second-order valence-electron chi connectivity index (χ2n) is 6.80. The number of rotatable bonds is 2. The Morgan fingerprint density at radius 3 is 2.46 bits per heavy atom. The van der Waals surface area contributed by atoms with E-state index in [0.717, 1.165) is 30.8 Å². The van der Waals surface area contributed by atoms with Crippen LogP contribution in [0.5, 0.6) is 0 Å². The fourth-order valence-electron chi connectivity index (χ4n) is 3.61. The quantitative estimate of drug-likeness (QED) is 0.861. The van der Waals surface area contributed by atoms with Crippen LogP contribution in [0.1, 0.15) is 28.2 Å². The summed E-state index contributed by atoms with van der Waals surface area (Å²) in [7, 11) is 2.17. The lowest BCUT2D eigenvalue weighted by Crippen LogP contribution is -2.27. The molecular formula is C21H22ClNO2S. The summed E-state index contributed by atoms with van der Waals surface area (Å²) in [5.41, 5.74) is 4.00. The van der Waals surface area contributed by atoms with Gasteiger partial charge < -0.3 is 10.0 Å². The van der Waals surface area contributed by atoms with E-state index < -0.39 is 5.97 Å². The van der Waals surface area contributed by atoms with Crippen LogP contribution in [0, 0.1) is 0 Å². The third-order valence-electron chi connectivity index (χ3n) is 4.98. The number of allylic oxidation sites excluding steroid dienone is 1. The number of carboxylic acid groups (broad SMARTS) is 1. The maximum Gasteiger partial charge on any atom is 0.308 e. The first kappa shape index (κ1) is 18.9. The molecule has 0 radical (unpaired) electrons. The molecule has 5 heteroatoms. The zero-order valence-electron chi connectivity index (χ0n) is 14.7. The van der Waals surface area contributed by atoms with E-state index in [9.17, 15) is 4.79 Å². The standard InChI is InChI=1S/C21H21NO2S.ClH/c1-22-8-6-14(7-9-22)18-10-15-4-2-3-5-16(15)11-20-19(18)12-17(25-20)13-21(23)24;/h2-5,10-12H,6-9,13H2,1H3,(H,23,24);1H. The van der Waals surface area contributed by atoms with Crippen molar-refractivity contribution in [3.63, 3.8) is 0 Å². The van der Waals surface area contributed by atoms with Gasteiger partial charge in [-0.3, -0.25) is 4.79 Å². The molecule has 1 aromatic carbocycles. The second kappa shape index (κ2) is 7.78. The van der Waals surface area contributed by atoms with Crippen molar-refractivity contribution in [1.82, 2.24) is 4.90 Å². The number of hydrogen-bond acceptors (Lipinski definition) is 3. The van der Waals surface area contributed by atoms with E-state index in [1.807, 2.05) is 0 Å². The third-order valence-corrected chi connectivity index (χ3v) is 6.06. The Bertz CT molecular complexity index is 980. The lowest BCUT2D eigenvalue weighted by atomic mass is 9.93. The molecule has 0 amide bonds. The number of hydrogen-bond donors (Lipinski definition) is 1. The maximum absolute atomic E-state index is 11.1. The SMILES string of the molecule is CN1CCC(=C2C=c3ccccc3=Cc3sc(CC(=O)O)cc32)CC1.Cl. The van der Waals surface area contributed by atoms with Gasteiger partial charge in [0.25, 0.3) is 0 Å². The molecule has 2 aromatic rings. The van der Waals surface area contributed by atoms with Gasteiger partial charge in [0.05, 0.1) is 6.42 Å². The van der Waals surface area contributed by atoms with Gasteiger partial charge in [0.15, 0.2) is 0 Å². The minimum Gasteiger partial charge on any atom is -0.481 e. The number of benzene rings is 1. The molecule has 1 saturated heterocycles. The number of fused-ring (bicyclic) bond motifs is 2. The summed E-state index contributed by atoms with van der Waals surface area (Å²) in [6, 6.07) is 10.5. The normalized spacial score (nSPS) is 16.5. The molecule has 4 rings (SSSR count). The molecule has 1 aliphatic heterocycles. The molecule has 0 bridgehead atoms. The Hall–Kier alpha value is -1.88. The summed E-state index contributed by atoms with van der Waals surface area (Å²) in [4.78, 5) is 15.6. The van der Waals surface area contributed by atoms with Crippen molar-refractivity contribution in [3.05, 3.63) is 61.7 Å². The van der Waals surface area contributed by atoms with Gasteiger partial charge in [-0.2, -0.15) is 0 Å². The van der Waals surface area contributed by atoms with Crippen molar-refractivity contribution >= 4 is 47.4 Å². The summed E-state index contributed by atoms with van der Waals surface area (Å²) in [5, 5.41) is 11.6. The number of nitrogens with zero attached hydrogens (tertiary/aromatic N) is 1. The van der Waals surface area contributed by atoms with Crippen LogP contribution in [0.15, 0.2) is 35.9 Å². The molecule has 3 nitrogen and oxygen atoms in total. The monoisotopic (exact) mass is 387 g/mol. The van der Waals surface area contributed by atoms with Crippen molar-refractivity contribution in [2.45, 2.75) is 19.3 Å². The van der Waals surface area contributed by atoms with Crippen LogP contribution in [-0.4, -0.2) is 36.1 Å². The predicted octanol–water partition coefficient (Wildman–Crippen LogP) is 2.90. The highest BCUT2D eigenvalue weighted by Crippen LogP contribution is 2.35. The van der Waals surface area contributed by atoms with Gasteiger partial charge in [0.1, 0.15) is 0 Å². The molecule has 1 N–H and O–H groups in total. The summed E-state index contributed by atoms with van der Waals surface area (Å²) in [5.74, 6) is -0.769. The fraction of sp³-hybridized carbons (Fsp3) is 0.286. The summed E-state index contributed by atoms with van der Waals surface area (Å²) < 4.78 is 0. The molecule has 2 heterocycles. The van der Waals surface area contributed by atoms with Gasteiger partial charge in [-0.15, -0.1) is 23.7 Å². The third kappa shape index (κ3) is 3.78. The van der Waals surface area contributed by atoms with Crippen LogP contribution in [-0.2, 0) is 11.2 Å². The second-order valence-corrected chi connectivity index (χ2v) is 7.97. The number of likely N-dealkylation sites (tertiary alicyclic amines) is 1. The first-order chi connectivity index (χ1) is 12.1. The largest absolute Gasteiger partial charge is 0.481 e. The van der Waals surface area contributed by atoms with E-state index in [0.29, 0.717) is 0 Å². The fourth-order valence-corrected chi connectivity index (χ4v) is 4.73. The zero-order chi connectivity index (χ0) is 17.4. The number of carbonyl (C=O) groups is 1. The average Bonchev–Trinajstić information content (AvgIpc) is 2.89. The van der Waals surface area contributed by atoms with Crippen LogP contribution in [0.3, 0.4) is 0 Å². The molecule has 0 unspecified atom stereocenters. The Morgan fingerprint density at radius 1 is 1.15 bits per heavy atom. The minimum absolute atomic E-state index is 0. The number of thiophene rings is 1. The molecule has 26 heavy (non-hydrogen) atoms. The van der Waals surface area contributed by atoms with Gasteiger partial charge in [-0.25, -0.2) is 0 Å². The minimum atomic E-state index is -0.769. The van der Waals surface area contributed by atoms with Crippen molar-refractivity contribution in [3.8, 4) is 0 Å². The van der Waals surface area contributed by atoms with E-state index in [-0.39, 0.29) is 18.8 Å². The first-order valence-electron chi connectivity index (χ1n) is 8.64. The summed E-state index contributed by atoms with van der Waals surface area (Å²) in [6.07, 6.45) is 6.76. The van der Waals surface area contributed by atoms with E-state index in [4.69, 9.17) is 5.11 Å².